The van der Waals surface area contributed by atoms with Crippen LogP contribution < -0.4 is 5.32 Å². The zero-order valence-corrected chi connectivity index (χ0v) is 12.8. The second kappa shape index (κ2) is 5.98. The van der Waals surface area contributed by atoms with E-state index in [0.717, 1.165) is 16.2 Å². The van der Waals surface area contributed by atoms with Gasteiger partial charge < -0.3 is 8.83 Å². The number of hydrogen-bond acceptors (Lipinski definition) is 6. The number of nitrogens with zero attached hydrogens (tertiary/aromatic N) is 2. The third-order valence-corrected chi connectivity index (χ3v) is 3.71. The van der Waals surface area contributed by atoms with Crippen LogP contribution in [0.4, 0.5) is 6.01 Å². The third-order valence-electron chi connectivity index (χ3n) is 2.87. The maximum atomic E-state index is 11.8. The summed E-state index contributed by atoms with van der Waals surface area (Å²) in [5, 5.41) is 12.2. The highest BCUT2D eigenvalue weighted by Crippen LogP contribution is 2.26. The van der Waals surface area contributed by atoms with E-state index in [2.05, 4.69) is 15.5 Å². The van der Waals surface area contributed by atoms with Gasteiger partial charge in [0.25, 0.3) is 11.8 Å². The SMILES string of the molecule is Cc1cc(-c2nnc(NC(=O)/C=C/c3cccs3)o2)c(C)o1. The van der Waals surface area contributed by atoms with Crippen LogP contribution in [-0.2, 0) is 4.79 Å². The predicted octanol–water partition coefficient (Wildman–Crippen LogP) is 3.66. The molecule has 3 aromatic rings. The average Bonchev–Trinajstić information content (AvgIpc) is 3.18. The second-order valence-corrected chi connectivity index (χ2v) is 5.56. The molecule has 3 aromatic heterocycles. The molecule has 1 N–H and O–H groups in total. The summed E-state index contributed by atoms with van der Waals surface area (Å²) in [5.74, 6) is 1.43. The van der Waals surface area contributed by atoms with Gasteiger partial charge in [0.2, 0.25) is 0 Å². The van der Waals surface area contributed by atoms with E-state index in [4.69, 9.17) is 8.83 Å². The molecule has 0 radical (unpaired) electrons. The molecule has 3 heterocycles. The Bertz CT molecular complexity index is 815. The molecule has 0 saturated heterocycles. The van der Waals surface area contributed by atoms with Crippen LogP contribution in [0, 0.1) is 13.8 Å². The minimum atomic E-state index is -0.330. The molecule has 22 heavy (non-hydrogen) atoms. The first-order chi connectivity index (χ1) is 10.6. The highest BCUT2D eigenvalue weighted by atomic mass is 32.1. The normalized spacial score (nSPS) is 11.2. The Balaban J connectivity index is 1.69. The number of amides is 1. The highest BCUT2D eigenvalue weighted by Gasteiger charge is 2.15. The maximum Gasteiger partial charge on any atom is 0.322 e. The number of aryl methyl sites for hydroxylation is 2. The van der Waals surface area contributed by atoms with Crippen LogP contribution in [0.25, 0.3) is 17.5 Å². The smallest absolute Gasteiger partial charge is 0.322 e. The molecule has 112 valence electrons. The van der Waals surface area contributed by atoms with Gasteiger partial charge in [-0.15, -0.1) is 16.4 Å². The van der Waals surface area contributed by atoms with Crippen LogP contribution in [0.15, 0.2) is 38.5 Å². The van der Waals surface area contributed by atoms with E-state index in [1.165, 1.54) is 6.08 Å². The van der Waals surface area contributed by atoms with Crippen LogP contribution in [0.2, 0.25) is 0 Å². The monoisotopic (exact) mass is 315 g/mol. The van der Waals surface area contributed by atoms with Gasteiger partial charge >= 0.3 is 6.01 Å². The van der Waals surface area contributed by atoms with Gasteiger partial charge in [-0.25, -0.2) is 0 Å². The van der Waals surface area contributed by atoms with E-state index in [0.29, 0.717) is 11.7 Å². The summed E-state index contributed by atoms with van der Waals surface area (Å²) in [6.07, 6.45) is 3.14. The topological polar surface area (TPSA) is 81.2 Å². The quantitative estimate of drug-likeness (QED) is 0.743. The second-order valence-electron chi connectivity index (χ2n) is 4.58. The molecule has 6 nitrogen and oxygen atoms in total. The Morgan fingerprint density at radius 1 is 1.32 bits per heavy atom. The Labute approximate surface area is 130 Å². The number of nitrogens with one attached hydrogen (secondary N) is 1. The van der Waals surface area contributed by atoms with Crippen LogP contribution in [0.5, 0.6) is 0 Å². The van der Waals surface area contributed by atoms with Crippen molar-refractivity contribution in [2.75, 3.05) is 5.32 Å². The zero-order valence-electron chi connectivity index (χ0n) is 12.0. The van der Waals surface area contributed by atoms with Crippen molar-refractivity contribution in [3.63, 3.8) is 0 Å². The van der Waals surface area contributed by atoms with Gasteiger partial charge in [0.05, 0.1) is 5.56 Å². The summed E-state index contributed by atoms with van der Waals surface area (Å²) in [4.78, 5) is 12.8. The molecular weight excluding hydrogens is 302 g/mol. The molecule has 1 amide bonds. The van der Waals surface area contributed by atoms with Crippen LogP contribution >= 0.6 is 11.3 Å². The molecule has 7 heteroatoms. The van der Waals surface area contributed by atoms with Gasteiger partial charge in [-0.05, 0) is 37.4 Å². The van der Waals surface area contributed by atoms with Gasteiger partial charge in [-0.3, -0.25) is 10.1 Å². The van der Waals surface area contributed by atoms with Gasteiger partial charge in [0, 0.05) is 11.0 Å². The van der Waals surface area contributed by atoms with Gasteiger partial charge in [0.1, 0.15) is 11.5 Å². The van der Waals surface area contributed by atoms with Crippen molar-refractivity contribution in [3.05, 3.63) is 46.1 Å². The van der Waals surface area contributed by atoms with Crippen molar-refractivity contribution in [1.29, 1.82) is 0 Å². The Morgan fingerprint density at radius 2 is 2.18 bits per heavy atom. The molecule has 0 bridgehead atoms. The minimum Gasteiger partial charge on any atom is -0.466 e. The summed E-state index contributed by atoms with van der Waals surface area (Å²) >= 11 is 1.55. The number of carbonyl (C=O) groups is 1. The zero-order chi connectivity index (χ0) is 15.5. The molecule has 0 fully saturated rings. The molecule has 0 aliphatic heterocycles. The van der Waals surface area contributed by atoms with E-state index >= 15 is 0 Å². The molecule has 0 unspecified atom stereocenters. The van der Waals surface area contributed by atoms with Crippen molar-refractivity contribution in [2.45, 2.75) is 13.8 Å². The van der Waals surface area contributed by atoms with Crippen LogP contribution in [0.1, 0.15) is 16.4 Å². The lowest BCUT2D eigenvalue weighted by Gasteiger charge is -1.93. The van der Waals surface area contributed by atoms with Crippen molar-refractivity contribution in [1.82, 2.24) is 10.2 Å². The summed E-state index contributed by atoms with van der Waals surface area (Å²) < 4.78 is 10.8. The molecule has 0 atom stereocenters. The molecular formula is C15H13N3O3S. The summed E-state index contributed by atoms with van der Waals surface area (Å²) in [6, 6.07) is 5.70. The first kappa shape index (κ1) is 14.3. The van der Waals surface area contributed by atoms with Crippen molar-refractivity contribution in [2.24, 2.45) is 0 Å². The highest BCUT2D eigenvalue weighted by molar-refractivity contribution is 7.10. The maximum absolute atomic E-state index is 11.8. The minimum absolute atomic E-state index is 0.0501. The number of rotatable bonds is 4. The van der Waals surface area contributed by atoms with Crippen molar-refractivity contribution in [3.8, 4) is 11.5 Å². The Kier molecular flexibility index (Phi) is 3.88. The number of anilines is 1. The first-order valence-electron chi connectivity index (χ1n) is 6.55. The van der Waals surface area contributed by atoms with Gasteiger partial charge in [-0.2, -0.15) is 0 Å². The predicted molar refractivity (Wildman–Crippen MR) is 83.5 cm³/mol. The molecule has 0 saturated carbocycles. The Morgan fingerprint density at radius 3 is 2.86 bits per heavy atom. The molecule has 0 spiro atoms. The van der Waals surface area contributed by atoms with Gasteiger partial charge in [0.15, 0.2) is 0 Å². The Hall–Kier alpha value is -2.67. The van der Waals surface area contributed by atoms with E-state index in [-0.39, 0.29) is 11.9 Å². The fourth-order valence-electron chi connectivity index (χ4n) is 1.92. The van der Waals surface area contributed by atoms with Crippen LogP contribution in [0.3, 0.4) is 0 Å². The van der Waals surface area contributed by atoms with Gasteiger partial charge in [-0.1, -0.05) is 11.2 Å². The fraction of sp³-hybridized carbons (Fsp3) is 0.133. The van der Waals surface area contributed by atoms with E-state index in [1.54, 1.807) is 17.4 Å². The lowest BCUT2D eigenvalue weighted by Crippen LogP contribution is -2.07. The molecule has 0 aliphatic rings. The summed E-state index contributed by atoms with van der Waals surface area (Å²) in [7, 11) is 0. The summed E-state index contributed by atoms with van der Waals surface area (Å²) in [5.41, 5.74) is 0.722. The van der Waals surface area contributed by atoms with Crippen LogP contribution in [-0.4, -0.2) is 16.1 Å². The number of furan rings is 1. The first-order valence-corrected chi connectivity index (χ1v) is 7.43. The van der Waals surface area contributed by atoms with E-state index in [9.17, 15) is 4.79 Å². The lowest BCUT2D eigenvalue weighted by atomic mass is 10.2. The number of carbonyl (C=O) groups excluding carboxylic acids is 1. The average molecular weight is 315 g/mol. The molecule has 0 aromatic carbocycles. The molecule has 3 rings (SSSR count). The van der Waals surface area contributed by atoms with Crippen molar-refractivity contribution < 1.29 is 13.6 Å². The third kappa shape index (κ3) is 3.15. The number of thiophene rings is 1. The lowest BCUT2D eigenvalue weighted by molar-refractivity contribution is -0.112. The standard InChI is InChI=1S/C15H13N3O3S/c1-9-8-12(10(2)20-9)14-17-18-15(21-14)16-13(19)6-5-11-4-3-7-22-11/h3-8H,1-2H3,(H,16,18,19)/b6-5+. The van der Waals surface area contributed by atoms with E-state index in [1.807, 2.05) is 37.4 Å². The summed E-state index contributed by atoms with van der Waals surface area (Å²) in [6.45, 7) is 3.65. The largest absolute Gasteiger partial charge is 0.466 e. The van der Waals surface area contributed by atoms with Crippen molar-refractivity contribution >= 4 is 29.3 Å². The molecule has 0 aliphatic carbocycles. The fourth-order valence-corrected chi connectivity index (χ4v) is 2.53. The number of aromatic nitrogens is 2. The van der Waals surface area contributed by atoms with E-state index < -0.39 is 0 Å². The number of hydrogen-bond donors (Lipinski definition) is 1.